The highest BCUT2D eigenvalue weighted by Crippen LogP contribution is 2.13. The normalized spacial score (nSPS) is 12.8. The second-order valence-electron chi connectivity index (χ2n) is 7.00. The number of nitrogens with one attached hydrogen (secondary N) is 2. The number of nitrogens with zero attached hydrogens (tertiary/aromatic N) is 4. The fourth-order valence-electron chi connectivity index (χ4n) is 2.81. The summed E-state index contributed by atoms with van der Waals surface area (Å²) in [6.07, 6.45) is 1.07. The molecule has 0 saturated heterocycles. The van der Waals surface area contributed by atoms with Crippen molar-refractivity contribution in [1.82, 2.24) is 25.4 Å². The number of benzene rings is 1. The molecule has 0 amide bonds. The Morgan fingerprint density at radius 1 is 1.14 bits per heavy atom. The molecular weight excluding hydrogens is 368 g/mol. The van der Waals surface area contributed by atoms with Crippen molar-refractivity contribution in [1.29, 1.82) is 0 Å². The van der Waals surface area contributed by atoms with E-state index in [4.69, 9.17) is 4.99 Å². The minimum Gasteiger partial charge on any atom is -0.356 e. The average molecular weight is 397 g/mol. The molecule has 0 aliphatic carbocycles. The highest BCUT2D eigenvalue weighted by atomic mass is 32.1. The zero-order valence-electron chi connectivity index (χ0n) is 16.7. The van der Waals surface area contributed by atoms with Gasteiger partial charge >= 0.3 is 0 Å². The minimum absolute atomic E-state index is 0.513. The predicted octanol–water partition coefficient (Wildman–Crippen LogP) is 3.30. The molecule has 1 atom stereocenters. The van der Waals surface area contributed by atoms with Crippen molar-refractivity contribution >= 4 is 17.3 Å². The van der Waals surface area contributed by atoms with Gasteiger partial charge in [-0.05, 0) is 36.3 Å². The Labute approximate surface area is 170 Å². The van der Waals surface area contributed by atoms with E-state index in [0.29, 0.717) is 19.0 Å². The van der Waals surface area contributed by atoms with Crippen LogP contribution in [0.1, 0.15) is 29.0 Å². The molecule has 1 unspecified atom stereocenters. The first-order chi connectivity index (χ1) is 13.6. The molecule has 3 rings (SSSR count). The molecule has 1 aromatic carbocycles. The number of hydrogen-bond donors (Lipinski definition) is 2. The Balaban J connectivity index is 1.60. The van der Waals surface area contributed by atoms with Crippen molar-refractivity contribution in [2.45, 2.75) is 33.4 Å². The minimum atomic E-state index is 0.513. The number of rotatable bonds is 8. The third-order valence-corrected chi connectivity index (χ3v) is 5.51. The standard InChI is InChI=1S/C21H28N6S/c1-16(12-19-10-7-11-28-19)13-22-21(23-14-18-8-5-4-6-9-18)24-15-20-26-25-17(2)27(20)3/h4-11,16H,12-15H2,1-3H3,(H2,22,23,24). The fourth-order valence-corrected chi connectivity index (χ4v) is 3.68. The first-order valence-corrected chi connectivity index (χ1v) is 10.4. The van der Waals surface area contributed by atoms with Crippen molar-refractivity contribution < 1.29 is 0 Å². The molecule has 0 radical (unpaired) electrons. The van der Waals surface area contributed by atoms with Crippen LogP contribution in [-0.4, -0.2) is 27.3 Å². The van der Waals surface area contributed by atoms with Crippen LogP contribution in [0.15, 0.2) is 52.8 Å². The molecule has 0 spiro atoms. The summed E-state index contributed by atoms with van der Waals surface area (Å²) in [7, 11) is 1.98. The van der Waals surface area contributed by atoms with Gasteiger partial charge in [0.15, 0.2) is 11.8 Å². The Bertz CT molecular complexity index is 870. The van der Waals surface area contributed by atoms with Crippen molar-refractivity contribution in [3.63, 3.8) is 0 Å². The number of thiophene rings is 1. The lowest BCUT2D eigenvalue weighted by molar-refractivity contribution is 0.560. The van der Waals surface area contributed by atoms with E-state index in [1.165, 1.54) is 10.4 Å². The van der Waals surface area contributed by atoms with E-state index in [1.54, 1.807) is 0 Å². The smallest absolute Gasteiger partial charge is 0.191 e. The van der Waals surface area contributed by atoms with Gasteiger partial charge in [-0.1, -0.05) is 43.3 Å². The van der Waals surface area contributed by atoms with Crippen molar-refractivity contribution in [2.75, 3.05) is 6.54 Å². The summed E-state index contributed by atoms with van der Waals surface area (Å²) in [5.41, 5.74) is 1.18. The zero-order chi connectivity index (χ0) is 19.8. The van der Waals surface area contributed by atoms with Gasteiger partial charge in [-0.15, -0.1) is 21.5 Å². The maximum Gasteiger partial charge on any atom is 0.191 e. The van der Waals surface area contributed by atoms with E-state index < -0.39 is 0 Å². The Hall–Kier alpha value is -2.67. The largest absolute Gasteiger partial charge is 0.356 e. The number of guanidine groups is 1. The number of aryl methyl sites for hydroxylation is 1. The van der Waals surface area contributed by atoms with Crippen LogP contribution >= 0.6 is 11.3 Å². The van der Waals surface area contributed by atoms with Gasteiger partial charge in [-0.3, -0.25) is 0 Å². The van der Waals surface area contributed by atoms with Gasteiger partial charge in [-0.25, -0.2) is 4.99 Å². The van der Waals surface area contributed by atoms with Gasteiger partial charge in [0.1, 0.15) is 5.82 Å². The fraction of sp³-hybridized carbons (Fsp3) is 0.381. The van der Waals surface area contributed by atoms with Gasteiger partial charge in [0.05, 0.1) is 13.1 Å². The average Bonchev–Trinajstić information content (AvgIpc) is 3.33. The topological polar surface area (TPSA) is 67.1 Å². The van der Waals surface area contributed by atoms with E-state index in [1.807, 2.05) is 48.1 Å². The Morgan fingerprint density at radius 2 is 1.96 bits per heavy atom. The second-order valence-corrected chi connectivity index (χ2v) is 8.03. The maximum atomic E-state index is 4.75. The van der Waals surface area contributed by atoms with Gasteiger partial charge in [-0.2, -0.15) is 0 Å². The Kier molecular flexibility index (Phi) is 7.19. The van der Waals surface area contributed by atoms with Crippen LogP contribution in [0, 0.1) is 12.8 Å². The highest BCUT2D eigenvalue weighted by molar-refractivity contribution is 7.09. The first-order valence-electron chi connectivity index (χ1n) is 9.55. The van der Waals surface area contributed by atoms with E-state index in [9.17, 15) is 0 Å². The molecule has 6 nitrogen and oxygen atoms in total. The molecule has 0 saturated carbocycles. The van der Waals surface area contributed by atoms with Crippen molar-refractivity contribution in [3.05, 3.63) is 69.9 Å². The molecule has 148 valence electrons. The summed E-state index contributed by atoms with van der Waals surface area (Å²) in [6, 6.07) is 14.6. The lowest BCUT2D eigenvalue weighted by atomic mass is 10.1. The summed E-state index contributed by atoms with van der Waals surface area (Å²) < 4.78 is 1.99. The summed E-state index contributed by atoms with van der Waals surface area (Å²) >= 11 is 1.81. The highest BCUT2D eigenvalue weighted by Gasteiger charge is 2.09. The number of aliphatic imine (C=N–C) groups is 1. The molecule has 7 heteroatoms. The SMILES string of the molecule is Cc1nnc(CNC(=NCc2ccccc2)NCC(C)Cc2cccs2)n1C. The van der Waals surface area contributed by atoms with Crippen LogP contribution in [0.3, 0.4) is 0 Å². The Morgan fingerprint density at radius 3 is 2.64 bits per heavy atom. The summed E-state index contributed by atoms with van der Waals surface area (Å²) in [5.74, 6) is 3.09. The van der Waals surface area contributed by atoms with E-state index in [2.05, 4.69) is 57.4 Å². The molecule has 3 aromatic rings. The van der Waals surface area contributed by atoms with Crippen LogP contribution in [0.4, 0.5) is 0 Å². The molecule has 2 heterocycles. The van der Waals surface area contributed by atoms with Crippen molar-refractivity contribution in [3.8, 4) is 0 Å². The third-order valence-electron chi connectivity index (χ3n) is 4.61. The molecule has 0 fully saturated rings. The van der Waals surface area contributed by atoms with Gasteiger partial charge in [0.25, 0.3) is 0 Å². The zero-order valence-corrected chi connectivity index (χ0v) is 17.5. The first kappa shape index (κ1) is 20.1. The van der Waals surface area contributed by atoms with Crippen molar-refractivity contribution in [2.24, 2.45) is 18.0 Å². The summed E-state index contributed by atoms with van der Waals surface area (Å²) in [5, 5.41) is 17.3. The van der Waals surface area contributed by atoms with Crippen LogP contribution in [0.2, 0.25) is 0 Å². The maximum absolute atomic E-state index is 4.75. The van der Waals surface area contributed by atoms with E-state index >= 15 is 0 Å². The molecule has 2 aromatic heterocycles. The quantitative estimate of drug-likeness (QED) is 0.453. The van der Waals surface area contributed by atoms with Gasteiger partial charge in [0.2, 0.25) is 0 Å². The molecule has 0 aliphatic heterocycles. The molecule has 2 N–H and O–H groups in total. The van der Waals surface area contributed by atoms with E-state index in [0.717, 1.165) is 30.6 Å². The lowest BCUT2D eigenvalue weighted by Crippen LogP contribution is -2.40. The molecule has 0 aliphatic rings. The lowest BCUT2D eigenvalue weighted by Gasteiger charge is -2.16. The molecule has 28 heavy (non-hydrogen) atoms. The number of aromatic nitrogens is 3. The van der Waals surface area contributed by atoms with Crippen LogP contribution in [0.5, 0.6) is 0 Å². The van der Waals surface area contributed by atoms with Crippen LogP contribution < -0.4 is 10.6 Å². The van der Waals surface area contributed by atoms with Crippen LogP contribution in [-0.2, 0) is 26.6 Å². The van der Waals surface area contributed by atoms with E-state index in [-0.39, 0.29) is 0 Å². The van der Waals surface area contributed by atoms with Gasteiger partial charge < -0.3 is 15.2 Å². The summed E-state index contributed by atoms with van der Waals surface area (Å²) in [4.78, 5) is 6.17. The molecule has 0 bridgehead atoms. The van der Waals surface area contributed by atoms with Gasteiger partial charge in [0, 0.05) is 18.5 Å². The van der Waals surface area contributed by atoms with Crippen LogP contribution in [0.25, 0.3) is 0 Å². The monoisotopic (exact) mass is 396 g/mol. The number of hydrogen-bond acceptors (Lipinski definition) is 4. The summed E-state index contributed by atoms with van der Waals surface area (Å²) in [6.45, 7) is 6.28. The second kappa shape index (κ2) is 10.0. The third kappa shape index (κ3) is 5.92. The molecular formula is C21H28N6S. The predicted molar refractivity (Wildman–Crippen MR) is 115 cm³/mol.